The van der Waals surface area contributed by atoms with Crippen molar-refractivity contribution in [2.45, 2.75) is 12.5 Å². The van der Waals surface area contributed by atoms with Crippen LogP contribution in [0.25, 0.3) is 0 Å². The lowest BCUT2D eigenvalue weighted by Crippen LogP contribution is -2.26. The summed E-state index contributed by atoms with van der Waals surface area (Å²) in [5.74, 6) is -0.188. The Morgan fingerprint density at radius 2 is 1.68 bits per heavy atom. The molecule has 0 radical (unpaired) electrons. The first-order chi connectivity index (χ1) is 13.5. The molecule has 150 valence electrons. The van der Waals surface area contributed by atoms with Crippen LogP contribution in [-0.2, 0) is 20.7 Å². The molecule has 0 aliphatic carbocycles. The Bertz CT molecular complexity index is 849. The van der Waals surface area contributed by atoms with Gasteiger partial charge in [-0.05, 0) is 41.8 Å². The zero-order valence-corrected chi connectivity index (χ0v) is 16.0. The highest BCUT2D eigenvalue weighted by Crippen LogP contribution is 2.40. The molecule has 0 aromatic heterocycles. The van der Waals surface area contributed by atoms with E-state index in [9.17, 15) is 15.0 Å². The number of aromatic hydroxyl groups is 2. The van der Waals surface area contributed by atoms with Crippen molar-refractivity contribution in [3.05, 3.63) is 47.5 Å². The third kappa shape index (κ3) is 3.84. The maximum absolute atomic E-state index is 12.5. The molecule has 0 bridgehead atoms. The smallest absolute Gasteiger partial charge is 0.312 e. The van der Waals surface area contributed by atoms with Gasteiger partial charge in [-0.2, -0.15) is 0 Å². The van der Waals surface area contributed by atoms with E-state index in [1.807, 2.05) is 0 Å². The minimum atomic E-state index is -0.548. The molecule has 7 heteroatoms. The van der Waals surface area contributed by atoms with Crippen molar-refractivity contribution >= 4 is 5.97 Å². The van der Waals surface area contributed by atoms with Crippen molar-refractivity contribution in [1.29, 1.82) is 0 Å². The van der Waals surface area contributed by atoms with E-state index in [2.05, 4.69) is 0 Å². The molecule has 1 fully saturated rings. The summed E-state index contributed by atoms with van der Waals surface area (Å²) in [6, 6.07) is 10.00. The predicted octanol–water partition coefficient (Wildman–Crippen LogP) is 2.83. The molecule has 0 unspecified atom stereocenters. The number of carbonyl (C=O) groups is 1. The number of ether oxygens (including phenoxy) is 4. The molecular formula is C21H24O7. The van der Waals surface area contributed by atoms with Crippen LogP contribution >= 0.6 is 0 Å². The Morgan fingerprint density at radius 1 is 1.04 bits per heavy atom. The molecule has 1 aliphatic heterocycles. The number of benzene rings is 2. The van der Waals surface area contributed by atoms with E-state index in [1.54, 1.807) is 30.3 Å². The average molecular weight is 388 g/mol. The summed E-state index contributed by atoms with van der Waals surface area (Å²) in [5.41, 5.74) is 1.63. The summed E-state index contributed by atoms with van der Waals surface area (Å²) in [7, 11) is 4.49. The molecule has 2 aromatic rings. The minimum Gasteiger partial charge on any atom is -0.504 e. The quantitative estimate of drug-likeness (QED) is 0.704. The zero-order valence-electron chi connectivity index (χ0n) is 16.0. The van der Waals surface area contributed by atoms with Crippen molar-refractivity contribution in [3.8, 4) is 23.0 Å². The third-order valence-corrected chi connectivity index (χ3v) is 5.07. The molecule has 7 nitrogen and oxygen atoms in total. The normalized spacial score (nSPS) is 19.9. The Morgan fingerprint density at radius 3 is 2.32 bits per heavy atom. The van der Waals surface area contributed by atoms with Gasteiger partial charge in [-0.1, -0.05) is 12.1 Å². The fraction of sp³-hybridized carbons (Fsp3) is 0.381. The SMILES string of the molecule is COc1cc(C[C@H]2COC(=O)[C@@H]2[C@@H](OC)c2ccc(O)c(OC)c2)ccc1O. The van der Waals surface area contributed by atoms with Crippen LogP contribution in [0.3, 0.4) is 0 Å². The van der Waals surface area contributed by atoms with Crippen molar-refractivity contribution in [1.82, 2.24) is 0 Å². The lowest BCUT2D eigenvalue weighted by Gasteiger charge is -2.25. The molecule has 3 rings (SSSR count). The van der Waals surface area contributed by atoms with Gasteiger partial charge in [0, 0.05) is 13.0 Å². The second-order valence-corrected chi connectivity index (χ2v) is 6.71. The molecule has 1 heterocycles. The summed E-state index contributed by atoms with van der Waals surface area (Å²) in [4.78, 5) is 12.5. The highest BCUT2D eigenvalue weighted by atomic mass is 16.5. The van der Waals surface area contributed by atoms with Crippen LogP contribution in [0.2, 0.25) is 0 Å². The summed E-state index contributed by atoms with van der Waals surface area (Å²) >= 11 is 0. The van der Waals surface area contributed by atoms with Crippen LogP contribution in [0.5, 0.6) is 23.0 Å². The van der Waals surface area contributed by atoms with Crippen molar-refractivity contribution in [3.63, 3.8) is 0 Å². The van der Waals surface area contributed by atoms with E-state index in [0.717, 1.165) is 5.56 Å². The molecular weight excluding hydrogens is 364 g/mol. The van der Waals surface area contributed by atoms with Crippen LogP contribution in [0.1, 0.15) is 17.2 Å². The monoisotopic (exact) mass is 388 g/mol. The molecule has 0 amide bonds. The molecule has 1 aliphatic rings. The number of rotatable bonds is 7. The van der Waals surface area contributed by atoms with Gasteiger partial charge in [0.05, 0.1) is 32.8 Å². The zero-order chi connectivity index (χ0) is 20.3. The van der Waals surface area contributed by atoms with E-state index < -0.39 is 12.0 Å². The van der Waals surface area contributed by atoms with Gasteiger partial charge in [0.15, 0.2) is 23.0 Å². The maximum Gasteiger partial charge on any atom is 0.312 e. The molecule has 3 atom stereocenters. The predicted molar refractivity (Wildman–Crippen MR) is 101 cm³/mol. The van der Waals surface area contributed by atoms with E-state index in [1.165, 1.54) is 27.4 Å². The molecule has 1 saturated heterocycles. The average Bonchev–Trinajstić information content (AvgIpc) is 3.05. The summed E-state index contributed by atoms with van der Waals surface area (Å²) < 4.78 is 21.3. The largest absolute Gasteiger partial charge is 0.504 e. The molecule has 0 spiro atoms. The summed E-state index contributed by atoms with van der Waals surface area (Å²) in [6.45, 7) is 0.280. The van der Waals surface area contributed by atoms with E-state index in [0.29, 0.717) is 23.5 Å². The van der Waals surface area contributed by atoms with Crippen LogP contribution in [0, 0.1) is 11.8 Å². The van der Waals surface area contributed by atoms with Crippen molar-refractivity contribution < 1.29 is 34.0 Å². The number of esters is 1. The Labute approximate surface area is 163 Å². The highest BCUT2D eigenvalue weighted by molar-refractivity contribution is 5.76. The maximum atomic E-state index is 12.5. The lowest BCUT2D eigenvalue weighted by molar-refractivity contribution is -0.145. The second-order valence-electron chi connectivity index (χ2n) is 6.71. The van der Waals surface area contributed by atoms with E-state index in [-0.39, 0.29) is 30.0 Å². The first kappa shape index (κ1) is 19.8. The molecule has 28 heavy (non-hydrogen) atoms. The first-order valence-electron chi connectivity index (χ1n) is 8.90. The Hall–Kier alpha value is -2.93. The van der Waals surface area contributed by atoms with E-state index in [4.69, 9.17) is 18.9 Å². The van der Waals surface area contributed by atoms with Gasteiger partial charge in [0.2, 0.25) is 0 Å². The third-order valence-electron chi connectivity index (χ3n) is 5.07. The molecule has 2 aromatic carbocycles. The number of hydrogen-bond acceptors (Lipinski definition) is 7. The molecule has 0 saturated carbocycles. The Balaban J connectivity index is 1.88. The van der Waals surface area contributed by atoms with Crippen LogP contribution in [0.4, 0.5) is 0 Å². The van der Waals surface area contributed by atoms with Gasteiger partial charge >= 0.3 is 5.97 Å². The number of phenolic OH excluding ortho intramolecular Hbond substituents is 2. The fourth-order valence-corrected chi connectivity index (χ4v) is 3.65. The van der Waals surface area contributed by atoms with Gasteiger partial charge < -0.3 is 29.2 Å². The van der Waals surface area contributed by atoms with Gasteiger partial charge in [-0.3, -0.25) is 4.79 Å². The first-order valence-corrected chi connectivity index (χ1v) is 8.90. The van der Waals surface area contributed by atoms with Crippen LogP contribution in [0.15, 0.2) is 36.4 Å². The number of carbonyl (C=O) groups excluding carboxylic acids is 1. The van der Waals surface area contributed by atoms with Gasteiger partial charge in [0.25, 0.3) is 0 Å². The standard InChI is InChI=1S/C21H24O7/c1-25-17-9-12(4-6-15(17)22)8-14-11-28-21(24)19(14)20(27-3)13-5-7-16(23)18(10-13)26-2/h4-7,9-10,14,19-20,22-23H,8,11H2,1-3H3/t14-,19-,20-/m0/s1. The van der Waals surface area contributed by atoms with E-state index >= 15 is 0 Å². The number of phenols is 2. The summed E-state index contributed by atoms with van der Waals surface area (Å²) in [5, 5.41) is 19.6. The topological polar surface area (TPSA) is 94.5 Å². The van der Waals surface area contributed by atoms with Crippen molar-refractivity contribution in [2.24, 2.45) is 11.8 Å². The minimum absolute atomic E-state index is 0.0165. The van der Waals surface area contributed by atoms with Gasteiger partial charge in [0.1, 0.15) is 0 Å². The highest BCUT2D eigenvalue weighted by Gasteiger charge is 2.43. The second kappa shape index (κ2) is 8.39. The lowest BCUT2D eigenvalue weighted by atomic mass is 9.82. The number of hydrogen-bond donors (Lipinski definition) is 2. The summed E-state index contributed by atoms with van der Waals surface area (Å²) in [6.07, 6.45) is 0.00999. The number of cyclic esters (lactones) is 1. The number of methoxy groups -OCH3 is 3. The molecule has 2 N–H and O–H groups in total. The van der Waals surface area contributed by atoms with Crippen LogP contribution in [-0.4, -0.2) is 44.1 Å². The Kier molecular flexibility index (Phi) is 5.94. The van der Waals surface area contributed by atoms with Crippen LogP contribution < -0.4 is 9.47 Å². The van der Waals surface area contributed by atoms with Crippen molar-refractivity contribution in [2.75, 3.05) is 27.9 Å². The van der Waals surface area contributed by atoms with Gasteiger partial charge in [-0.15, -0.1) is 0 Å². The fourth-order valence-electron chi connectivity index (χ4n) is 3.65. The van der Waals surface area contributed by atoms with Gasteiger partial charge in [-0.25, -0.2) is 0 Å².